The van der Waals surface area contributed by atoms with Gasteiger partial charge in [0.1, 0.15) is 0 Å². The summed E-state index contributed by atoms with van der Waals surface area (Å²) in [6.45, 7) is -0.228. The van der Waals surface area contributed by atoms with Crippen LogP contribution in [0.4, 0.5) is 0 Å². The molecule has 2 N–H and O–H groups in total. The van der Waals surface area contributed by atoms with Gasteiger partial charge in [-0.25, -0.2) is 0 Å². The molecule has 2 aromatic rings. The number of aliphatic hydroxyl groups is 2. The summed E-state index contributed by atoms with van der Waals surface area (Å²) in [5.74, 6) is 2.34. The lowest BCUT2D eigenvalue weighted by atomic mass is 10.2. The molecule has 0 aliphatic heterocycles. The van der Waals surface area contributed by atoms with Crippen LogP contribution in [-0.2, 0) is 19.6 Å². The molecular formula is C15H20O6S2. The second-order valence-corrected chi connectivity index (χ2v) is 6.90. The number of aliphatic hydroxyl groups excluding tert-OH is 2. The molecule has 0 saturated carbocycles. The lowest BCUT2D eigenvalue weighted by Gasteiger charge is -2.07. The Hall–Kier alpha value is -1.48. The zero-order valence-corrected chi connectivity index (χ0v) is 15.1. The van der Waals surface area contributed by atoms with Crippen molar-refractivity contribution in [1.29, 1.82) is 0 Å². The molecule has 0 saturated heterocycles. The van der Waals surface area contributed by atoms with E-state index in [1.165, 1.54) is 22.7 Å². The number of thiophene rings is 2. The van der Waals surface area contributed by atoms with Crippen LogP contribution in [0.5, 0.6) is 23.0 Å². The van der Waals surface area contributed by atoms with Crippen molar-refractivity contribution in [3.8, 4) is 23.0 Å². The molecule has 2 rings (SSSR count). The molecule has 0 unspecified atom stereocenters. The minimum absolute atomic E-state index is 0.114. The molecule has 2 heterocycles. The van der Waals surface area contributed by atoms with E-state index in [1.54, 1.807) is 28.4 Å². The third kappa shape index (κ3) is 3.25. The van der Waals surface area contributed by atoms with Crippen LogP contribution in [0.2, 0.25) is 0 Å². The molecule has 8 heteroatoms. The molecule has 0 fully saturated rings. The van der Waals surface area contributed by atoms with Crippen LogP contribution in [0.15, 0.2) is 0 Å². The van der Waals surface area contributed by atoms with Crippen molar-refractivity contribution in [2.24, 2.45) is 0 Å². The topological polar surface area (TPSA) is 77.4 Å². The predicted molar refractivity (Wildman–Crippen MR) is 89.5 cm³/mol. The average molecular weight is 360 g/mol. The van der Waals surface area contributed by atoms with Gasteiger partial charge in [-0.3, -0.25) is 0 Å². The normalized spacial score (nSPS) is 10.7. The van der Waals surface area contributed by atoms with Crippen molar-refractivity contribution in [2.75, 3.05) is 28.4 Å². The van der Waals surface area contributed by atoms with E-state index in [2.05, 4.69) is 0 Å². The largest absolute Gasteiger partial charge is 0.492 e. The van der Waals surface area contributed by atoms with Crippen LogP contribution in [0, 0.1) is 0 Å². The Morgan fingerprint density at radius 1 is 0.609 bits per heavy atom. The Bertz CT molecular complexity index is 605. The lowest BCUT2D eigenvalue weighted by Crippen LogP contribution is -1.94. The van der Waals surface area contributed by atoms with E-state index in [1.807, 2.05) is 0 Å². The first kappa shape index (κ1) is 17.9. The Balaban J connectivity index is 2.47. The third-order valence-electron chi connectivity index (χ3n) is 3.34. The molecule has 0 aliphatic rings. The van der Waals surface area contributed by atoms with E-state index in [0.29, 0.717) is 39.2 Å². The van der Waals surface area contributed by atoms with Gasteiger partial charge in [0.2, 0.25) is 0 Å². The fourth-order valence-electron chi connectivity index (χ4n) is 2.40. The van der Waals surface area contributed by atoms with Crippen LogP contribution >= 0.6 is 22.7 Å². The maximum atomic E-state index is 9.47. The van der Waals surface area contributed by atoms with Gasteiger partial charge in [-0.15, -0.1) is 22.7 Å². The fourth-order valence-corrected chi connectivity index (χ4v) is 4.73. The zero-order valence-electron chi connectivity index (χ0n) is 13.5. The van der Waals surface area contributed by atoms with Gasteiger partial charge in [-0.2, -0.15) is 0 Å². The van der Waals surface area contributed by atoms with Crippen molar-refractivity contribution < 1.29 is 29.2 Å². The smallest absolute Gasteiger partial charge is 0.177 e. The second kappa shape index (κ2) is 7.87. The number of methoxy groups -OCH3 is 4. The van der Waals surface area contributed by atoms with Gasteiger partial charge in [0.25, 0.3) is 0 Å². The van der Waals surface area contributed by atoms with Crippen molar-refractivity contribution in [1.82, 2.24) is 0 Å². The molecule has 0 bridgehead atoms. The Labute approximate surface area is 142 Å². The van der Waals surface area contributed by atoms with Crippen LogP contribution in [0.3, 0.4) is 0 Å². The highest BCUT2D eigenvalue weighted by atomic mass is 32.1. The minimum Gasteiger partial charge on any atom is -0.492 e. The molecule has 0 aliphatic carbocycles. The lowest BCUT2D eigenvalue weighted by molar-refractivity contribution is 0.275. The van der Waals surface area contributed by atoms with E-state index in [0.717, 1.165) is 9.75 Å². The van der Waals surface area contributed by atoms with Crippen LogP contribution < -0.4 is 18.9 Å². The quantitative estimate of drug-likeness (QED) is 0.753. The highest BCUT2D eigenvalue weighted by Crippen LogP contribution is 2.47. The van der Waals surface area contributed by atoms with E-state index < -0.39 is 0 Å². The van der Waals surface area contributed by atoms with Gasteiger partial charge >= 0.3 is 0 Å². The summed E-state index contributed by atoms with van der Waals surface area (Å²) < 4.78 is 21.6. The molecule has 0 amide bonds. The molecule has 0 radical (unpaired) electrons. The highest BCUT2D eigenvalue weighted by Gasteiger charge is 2.24. The molecule has 6 nitrogen and oxygen atoms in total. The highest BCUT2D eigenvalue weighted by molar-refractivity contribution is 7.14. The maximum absolute atomic E-state index is 9.47. The summed E-state index contributed by atoms with van der Waals surface area (Å²) in [6.07, 6.45) is 0.536. The van der Waals surface area contributed by atoms with E-state index >= 15 is 0 Å². The van der Waals surface area contributed by atoms with Gasteiger partial charge in [0.05, 0.1) is 61.2 Å². The molecule has 128 valence electrons. The van der Waals surface area contributed by atoms with Crippen molar-refractivity contribution in [3.05, 3.63) is 19.5 Å². The SMILES string of the molecule is COc1c(CO)sc(Cc2sc(CO)c(OC)c2OC)c1OC. The molecule has 0 atom stereocenters. The standard InChI is InChI=1S/C15H20O6S2/c1-18-12-8(22-10(6-16)14(12)20-3)5-9-13(19-2)15(21-4)11(7-17)23-9/h16-17H,5-7H2,1-4H3. The number of hydrogen-bond acceptors (Lipinski definition) is 8. The number of hydrogen-bond donors (Lipinski definition) is 2. The summed E-state index contributed by atoms with van der Waals surface area (Å²) in [6, 6.07) is 0. The number of rotatable bonds is 8. The molecule has 0 aromatic carbocycles. The fraction of sp³-hybridized carbons (Fsp3) is 0.467. The Morgan fingerprint density at radius 2 is 0.913 bits per heavy atom. The molecule has 0 spiro atoms. The van der Waals surface area contributed by atoms with Gasteiger partial charge in [0.15, 0.2) is 23.0 Å². The summed E-state index contributed by atoms with van der Waals surface area (Å²) in [5.41, 5.74) is 0. The van der Waals surface area contributed by atoms with Crippen LogP contribution in [0.25, 0.3) is 0 Å². The Kier molecular flexibility index (Phi) is 6.11. The minimum atomic E-state index is -0.114. The summed E-state index contributed by atoms with van der Waals surface area (Å²) in [5, 5.41) is 18.9. The average Bonchev–Trinajstić information content (AvgIpc) is 3.10. The van der Waals surface area contributed by atoms with Crippen molar-refractivity contribution >= 4 is 22.7 Å². The monoisotopic (exact) mass is 360 g/mol. The summed E-state index contributed by atoms with van der Waals surface area (Å²) in [4.78, 5) is 3.26. The maximum Gasteiger partial charge on any atom is 0.177 e. The van der Waals surface area contributed by atoms with Crippen molar-refractivity contribution in [2.45, 2.75) is 19.6 Å². The van der Waals surface area contributed by atoms with Gasteiger partial charge in [0, 0.05) is 6.42 Å². The van der Waals surface area contributed by atoms with E-state index in [-0.39, 0.29) is 13.2 Å². The third-order valence-corrected chi connectivity index (χ3v) is 5.62. The first-order chi connectivity index (χ1) is 11.1. The number of ether oxygens (including phenoxy) is 4. The first-order valence-electron chi connectivity index (χ1n) is 6.81. The van der Waals surface area contributed by atoms with E-state index in [9.17, 15) is 10.2 Å². The molecule has 23 heavy (non-hydrogen) atoms. The van der Waals surface area contributed by atoms with E-state index in [4.69, 9.17) is 18.9 Å². The van der Waals surface area contributed by atoms with Gasteiger partial charge in [-0.05, 0) is 0 Å². The summed E-state index contributed by atoms with van der Waals surface area (Å²) in [7, 11) is 6.24. The first-order valence-corrected chi connectivity index (χ1v) is 8.45. The zero-order chi connectivity index (χ0) is 17.0. The predicted octanol–water partition coefficient (Wildman–Crippen LogP) is 2.42. The second-order valence-electron chi connectivity index (χ2n) is 4.52. The van der Waals surface area contributed by atoms with Gasteiger partial charge in [-0.1, -0.05) is 0 Å². The summed E-state index contributed by atoms with van der Waals surface area (Å²) >= 11 is 2.85. The van der Waals surface area contributed by atoms with Crippen LogP contribution in [-0.4, -0.2) is 38.7 Å². The van der Waals surface area contributed by atoms with Gasteiger partial charge < -0.3 is 29.2 Å². The van der Waals surface area contributed by atoms with Crippen molar-refractivity contribution in [3.63, 3.8) is 0 Å². The molecule has 2 aromatic heterocycles. The molecular weight excluding hydrogens is 340 g/mol. The van der Waals surface area contributed by atoms with Crippen LogP contribution in [0.1, 0.15) is 19.5 Å². The Morgan fingerprint density at radius 3 is 1.17 bits per heavy atom.